The molecule has 2 rings (SSSR count). The van der Waals surface area contributed by atoms with Gasteiger partial charge in [-0.05, 0) is 18.6 Å². The Kier molecular flexibility index (Phi) is 1.50. The van der Waals surface area contributed by atoms with Crippen molar-refractivity contribution in [2.24, 2.45) is 0 Å². The minimum Gasteiger partial charge on any atom is -0.496 e. The van der Waals surface area contributed by atoms with Gasteiger partial charge in [0.25, 0.3) is 0 Å². The number of nitrogens with one attached hydrogen (secondary N) is 1. The Balaban J connectivity index is 2.83. The number of aromatic nitrogens is 2. The molecule has 0 atom stereocenters. The van der Waals surface area contributed by atoms with Gasteiger partial charge in [-0.3, -0.25) is 5.10 Å². The van der Waals surface area contributed by atoms with Crippen molar-refractivity contribution in [1.82, 2.24) is 10.2 Å². The highest BCUT2D eigenvalue weighted by atomic mass is 16.5. The number of hydrogen-bond donors (Lipinski definition) is 1. The first kappa shape index (κ1) is 7.16. The van der Waals surface area contributed by atoms with Crippen molar-refractivity contribution >= 4 is 10.9 Å². The van der Waals surface area contributed by atoms with E-state index >= 15 is 0 Å². The molecule has 0 fully saturated rings. The van der Waals surface area contributed by atoms with E-state index in [1.165, 1.54) is 0 Å². The van der Waals surface area contributed by atoms with E-state index < -0.39 is 0 Å². The molecule has 0 aliphatic heterocycles. The van der Waals surface area contributed by atoms with E-state index in [0.29, 0.717) is 0 Å². The van der Waals surface area contributed by atoms with Crippen LogP contribution in [0.25, 0.3) is 10.9 Å². The molecule has 0 aliphatic rings. The molecule has 1 N–H and O–H groups in total. The molecule has 0 spiro atoms. The van der Waals surface area contributed by atoms with Crippen LogP contribution in [-0.2, 0) is 0 Å². The van der Waals surface area contributed by atoms with Crippen LogP contribution in [-0.4, -0.2) is 17.3 Å². The highest BCUT2D eigenvalue weighted by Gasteiger charge is 2.05. The summed E-state index contributed by atoms with van der Waals surface area (Å²) in [5.74, 6) is 0.848. The van der Waals surface area contributed by atoms with Gasteiger partial charge in [0, 0.05) is 0 Å². The number of nitrogens with zero attached hydrogens (tertiary/aromatic N) is 1. The fraction of sp³-hybridized carbons (Fsp3) is 0.222. The van der Waals surface area contributed by atoms with Gasteiger partial charge < -0.3 is 4.74 Å². The van der Waals surface area contributed by atoms with Crippen molar-refractivity contribution in [3.8, 4) is 5.75 Å². The maximum Gasteiger partial charge on any atom is 0.133 e. The van der Waals surface area contributed by atoms with Gasteiger partial charge in [-0.1, -0.05) is 6.07 Å². The lowest BCUT2D eigenvalue weighted by atomic mass is 10.1. The zero-order valence-electron chi connectivity index (χ0n) is 7.01. The van der Waals surface area contributed by atoms with Crippen LogP contribution in [0.5, 0.6) is 5.75 Å². The summed E-state index contributed by atoms with van der Waals surface area (Å²) in [6.45, 7) is 2.00. The van der Waals surface area contributed by atoms with Crippen LogP contribution in [0.4, 0.5) is 0 Å². The topological polar surface area (TPSA) is 37.9 Å². The molecule has 0 aliphatic carbocycles. The molecule has 1 aromatic carbocycles. The Hall–Kier alpha value is -1.51. The van der Waals surface area contributed by atoms with Gasteiger partial charge in [-0.2, -0.15) is 5.10 Å². The lowest BCUT2D eigenvalue weighted by molar-refractivity contribution is 0.417. The molecular weight excluding hydrogens is 152 g/mol. The van der Waals surface area contributed by atoms with E-state index in [0.717, 1.165) is 22.2 Å². The summed E-state index contributed by atoms with van der Waals surface area (Å²) in [7, 11) is 1.66. The van der Waals surface area contributed by atoms with E-state index in [1.54, 1.807) is 7.11 Å². The number of benzene rings is 1. The first-order valence-electron chi connectivity index (χ1n) is 3.72. The maximum atomic E-state index is 5.23. The van der Waals surface area contributed by atoms with Crippen LogP contribution in [0.15, 0.2) is 12.1 Å². The Morgan fingerprint density at radius 1 is 1.50 bits per heavy atom. The molecule has 0 bridgehead atoms. The van der Waals surface area contributed by atoms with Gasteiger partial charge in [0.05, 0.1) is 18.0 Å². The summed E-state index contributed by atoms with van der Waals surface area (Å²) in [6.07, 6.45) is 2.85. The van der Waals surface area contributed by atoms with E-state index in [1.807, 2.05) is 19.1 Å². The lowest BCUT2D eigenvalue weighted by Gasteiger charge is -2.03. The Morgan fingerprint density at radius 3 is 3.08 bits per heavy atom. The molecule has 0 amide bonds. The summed E-state index contributed by atoms with van der Waals surface area (Å²) >= 11 is 0. The zero-order chi connectivity index (χ0) is 8.55. The molecule has 0 saturated carbocycles. The summed E-state index contributed by atoms with van der Waals surface area (Å²) in [4.78, 5) is 0. The molecular formula is C9H9N2O. The standard InChI is InChI=1S/C9H9N2O/c1-6-3-4-8-7(5-10-11-8)9(6)12-2/h3-4H,1-2H3,(H,10,11). The highest BCUT2D eigenvalue weighted by Crippen LogP contribution is 2.26. The fourth-order valence-electron chi connectivity index (χ4n) is 1.30. The van der Waals surface area contributed by atoms with Crippen LogP contribution < -0.4 is 4.74 Å². The Labute approximate surface area is 70.4 Å². The van der Waals surface area contributed by atoms with Crippen LogP contribution in [0, 0.1) is 13.1 Å². The van der Waals surface area contributed by atoms with Crippen molar-refractivity contribution < 1.29 is 4.74 Å². The predicted octanol–water partition coefficient (Wildman–Crippen LogP) is 1.68. The Bertz CT molecular complexity index is 406. The molecule has 1 heterocycles. The number of hydrogen-bond acceptors (Lipinski definition) is 2. The highest BCUT2D eigenvalue weighted by molar-refractivity contribution is 5.85. The molecule has 1 aromatic heterocycles. The number of aromatic amines is 1. The molecule has 3 heteroatoms. The third kappa shape index (κ3) is 0.863. The lowest BCUT2D eigenvalue weighted by Crippen LogP contribution is -1.86. The molecule has 0 saturated heterocycles. The van der Waals surface area contributed by atoms with Gasteiger partial charge >= 0.3 is 0 Å². The SMILES string of the molecule is COc1c(C)ccc2[nH]n[c]c12. The van der Waals surface area contributed by atoms with E-state index in [-0.39, 0.29) is 0 Å². The average molecular weight is 161 g/mol. The van der Waals surface area contributed by atoms with Crippen LogP contribution in [0.2, 0.25) is 0 Å². The summed E-state index contributed by atoms with van der Waals surface area (Å²) < 4.78 is 5.23. The second kappa shape index (κ2) is 2.52. The maximum absolute atomic E-state index is 5.23. The van der Waals surface area contributed by atoms with E-state index in [9.17, 15) is 0 Å². The van der Waals surface area contributed by atoms with Crippen molar-refractivity contribution in [3.05, 3.63) is 23.9 Å². The van der Waals surface area contributed by atoms with E-state index in [4.69, 9.17) is 4.74 Å². The van der Waals surface area contributed by atoms with Crippen LogP contribution >= 0.6 is 0 Å². The van der Waals surface area contributed by atoms with Crippen molar-refractivity contribution in [2.45, 2.75) is 6.92 Å². The predicted molar refractivity (Wildman–Crippen MR) is 46.2 cm³/mol. The summed E-state index contributed by atoms with van der Waals surface area (Å²) in [6, 6.07) is 3.96. The second-order valence-electron chi connectivity index (χ2n) is 2.67. The smallest absolute Gasteiger partial charge is 0.133 e. The fourth-order valence-corrected chi connectivity index (χ4v) is 1.30. The molecule has 3 nitrogen and oxygen atoms in total. The number of rotatable bonds is 1. The number of ether oxygens (including phenoxy) is 1. The molecule has 12 heavy (non-hydrogen) atoms. The van der Waals surface area contributed by atoms with Crippen molar-refractivity contribution in [2.75, 3.05) is 7.11 Å². The monoisotopic (exact) mass is 161 g/mol. The van der Waals surface area contributed by atoms with Crippen LogP contribution in [0.1, 0.15) is 5.56 Å². The number of aryl methyl sites for hydroxylation is 1. The second-order valence-corrected chi connectivity index (χ2v) is 2.67. The third-order valence-electron chi connectivity index (χ3n) is 1.90. The van der Waals surface area contributed by atoms with Gasteiger partial charge in [0.2, 0.25) is 0 Å². The summed E-state index contributed by atoms with van der Waals surface area (Å²) in [5.41, 5.74) is 2.06. The van der Waals surface area contributed by atoms with Gasteiger partial charge in [-0.25, -0.2) is 0 Å². The molecule has 61 valence electrons. The largest absolute Gasteiger partial charge is 0.496 e. The first-order chi connectivity index (χ1) is 5.83. The quantitative estimate of drug-likeness (QED) is 0.691. The van der Waals surface area contributed by atoms with Crippen molar-refractivity contribution in [3.63, 3.8) is 0 Å². The van der Waals surface area contributed by atoms with Gasteiger partial charge in [-0.15, -0.1) is 0 Å². The number of fused-ring (bicyclic) bond motifs is 1. The van der Waals surface area contributed by atoms with Crippen molar-refractivity contribution in [1.29, 1.82) is 0 Å². The summed E-state index contributed by atoms with van der Waals surface area (Å²) in [5, 5.41) is 7.57. The number of H-pyrrole nitrogens is 1. The van der Waals surface area contributed by atoms with Gasteiger partial charge in [0.1, 0.15) is 11.9 Å². The minimum atomic E-state index is 0.848. The normalized spacial score (nSPS) is 10.5. The zero-order valence-corrected chi connectivity index (χ0v) is 7.01. The molecule has 2 aromatic rings. The molecule has 0 unspecified atom stereocenters. The minimum absolute atomic E-state index is 0.848. The van der Waals surface area contributed by atoms with Crippen LogP contribution in [0.3, 0.4) is 0 Å². The Morgan fingerprint density at radius 2 is 2.33 bits per heavy atom. The average Bonchev–Trinajstić information content (AvgIpc) is 2.52. The third-order valence-corrected chi connectivity index (χ3v) is 1.90. The van der Waals surface area contributed by atoms with E-state index in [2.05, 4.69) is 16.4 Å². The molecule has 1 radical (unpaired) electrons. The number of methoxy groups -OCH3 is 1. The first-order valence-corrected chi connectivity index (χ1v) is 3.72. The van der Waals surface area contributed by atoms with Gasteiger partial charge in [0.15, 0.2) is 0 Å².